The molecule has 0 amide bonds. The molecule has 0 aliphatic carbocycles. The van der Waals surface area contributed by atoms with Crippen molar-refractivity contribution >= 4 is 54.1 Å². The van der Waals surface area contributed by atoms with Crippen LogP contribution in [0.3, 0.4) is 0 Å². The van der Waals surface area contributed by atoms with Gasteiger partial charge < -0.3 is 4.42 Å². The predicted molar refractivity (Wildman–Crippen MR) is 280 cm³/mol. The standard InChI is InChI=1S/C64H40N2O/c1-4-17-42(18-5-1)57-52-26-12-14-28-54(52)60(55-29-15-13-27-53(55)57)64-59(43-19-6-2-7-20-43)58(63(67-64)47-21-8-3-9-22-47)44-32-30-41(31-33-44)48-37-38-51(50-25-11-10-24-49(48)50)56-39-36-46-35-34-45-23-16-40-65-61(45)62(46)66-56/h1-40H/i1D,2D,3D,4D,5D,6D,7D,8D,9D,10D,11D,12D,13D,14D,15D,16D,17D,18D,19D,20D,21D,22D,23D,24D,25D,26D,27D,28D,29D,30D,31D,32D,33D,34D,35D,36D,37D,38D,39D,40D. The Hall–Kier alpha value is -8.92. The van der Waals surface area contributed by atoms with Gasteiger partial charge in [-0.1, -0.05) is 224 Å². The van der Waals surface area contributed by atoms with Gasteiger partial charge in [0, 0.05) is 44.8 Å². The van der Waals surface area contributed by atoms with Crippen molar-refractivity contribution in [1.29, 1.82) is 0 Å². The van der Waals surface area contributed by atoms with Crippen LogP contribution in [0.15, 0.2) is 246 Å². The summed E-state index contributed by atoms with van der Waals surface area (Å²) in [4.78, 5) is 8.47. The van der Waals surface area contributed by atoms with Crippen LogP contribution in [0.1, 0.15) is 54.8 Å². The van der Waals surface area contributed by atoms with Crippen molar-refractivity contribution in [2.24, 2.45) is 0 Å². The van der Waals surface area contributed by atoms with Crippen molar-refractivity contribution in [3.8, 4) is 78.4 Å². The lowest BCUT2D eigenvalue weighted by Gasteiger charge is -2.17. The molecule has 0 saturated carbocycles. The predicted octanol–water partition coefficient (Wildman–Crippen LogP) is 17.5. The number of rotatable bonds is 7. The third kappa shape index (κ3) is 6.43. The Labute approximate surface area is 444 Å². The first-order valence-electron chi connectivity index (χ1n) is 39.6. The maximum atomic E-state index is 10.2. The van der Waals surface area contributed by atoms with Crippen LogP contribution in [-0.2, 0) is 0 Å². The van der Waals surface area contributed by atoms with E-state index in [-0.39, 0.29) is 0 Å². The van der Waals surface area contributed by atoms with Gasteiger partial charge in [-0.25, -0.2) is 4.98 Å². The average Bonchev–Trinajstić information content (AvgIpc) is 1.68. The third-order valence-corrected chi connectivity index (χ3v) is 10.6. The van der Waals surface area contributed by atoms with Crippen LogP contribution in [0.25, 0.3) is 133 Å². The average molecular weight is 893 g/mol. The van der Waals surface area contributed by atoms with E-state index in [2.05, 4.69) is 9.97 Å². The van der Waals surface area contributed by atoms with E-state index >= 15 is 0 Å². The van der Waals surface area contributed by atoms with Gasteiger partial charge in [0.15, 0.2) is 0 Å². The lowest BCUT2D eigenvalue weighted by atomic mass is 9.85. The molecule has 10 aromatic carbocycles. The molecule has 3 heterocycles. The Kier molecular flexibility index (Phi) is 3.72. The van der Waals surface area contributed by atoms with E-state index in [0.29, 0.717) is 0 Å². The van der Waals surface area contributed by atoms with Crippen molar-refractivity contribution in [3.05, 3.63) is 242 Å². The summed E-state index contributed by atoms with van der Waals surface area (Å²) in [6, 6.07) is -44.5. The first kappa shape index (κ1) is 15.6. The number of benzene rings is 10. The second-order valence-corrected chi connectivity index (χ2v) is 14.1. The minimum atomic E-state index is -1.43. The molecule has 312 valence electrons. The fourth-order valence-electron chi connectivity index (χ4n) is 7.77. The zero-order valence-corrected chi connectivity index (χ0v) is 33.3. The summed E-state index contributed by atoms with van der Waals surface area (Å²) in [5.41, 5.74) is -13.8. The highest BCUT2D eigenvalue weighted by Crippen LogP contribution is 2.53. The summed E-state index contributed by atoms with van der Waals surface area (Å²) in [5, 5.41) is -6.77. The van der Waals surface area contributed by atoms with Gasteiger partial charge in [-0.05, 0) is 77.8 Å². The van der Waals surface area contributed by atoms with E-state index in [1.54, 1.807) is 0 Å². The van der Waals surface area contributed by atoms with Crippen LogP contribution < -0.4 is 0 Å². The van der Waals surface area contributed by atoms with E-state index in [4.69, 9.17) is 31.8 Å². The number of aromatic nitrogens is 2. The fourth-order valence-corrected chi connectivity index (χ4v) is 7.77. The van der Waals surface area contributed by atoms with Gasteiger partial charge in [0.1, 0.15) is 11.5 Å². The summed E-state index contributed by atoms with van der Waals surface area (Å²) >= 11 is 0. The monoisotopic (exact) mass is 893 g/mol. The Morgan fingerprint density at radius 2 is 0.746 bits per heavy atom. The summed E-state index contributed by atoms with van der Waals surface area (Å²) in [5.74, 6) is -2.51. The number of hydrogen-bond donors (Lipinski definition) is 0. The minimum absolute atomic E-state index is 0.523. The third-order valence-electron chi connectivity index (χ3n) is 10.6. The zero-order valence-electron chi connectivity index (χ0n) is 73.3. The molecule has 0 saturated heterocycles. The van der Waals surface area contributed by atoms with Gasteiger partial charge in [0.25, 0.3) is 0 Å². The quantitative estimate of drug-likeness (QED) is 0.118. The van der Waals surface area contributed by atoms with Gasteiger partial charge in [0.05, 0.1) is 71.6 Å². The molecule has 0 unspecified atom stereocenters. The molecule has 3 nitrogen and oxygen atoms in total. The number of fused-ring (bicyclic) bond motifs is 6. The van der Waals surface area contributed by atoms with Crippen LogP contribution in [0.4, 0.5) is 0 Å². The Morgan fingerprint density at radius 3 is 1.37 bits per heavy atom. The summed E-state index contributed by atoms with van der Waals surface area (Å²) in [7, 11) is 0. The molecule has 3 heteroatoms. The van der Waals surface area contributed by atoms with Gasteiger partial charge in [-0.15, -0.1) is 0 Å². The molecule has 0 bridgehead atoms. The number of furan rings is 1. The van der Waals surface area contributed by atoms with Crippen LogP contribution >= 0.6 is 0 Å². The summed E-state index contributed by atoms with van der Waals surface area (Å²) < 4.78 is 376. The maximum absolute atomic E-state index is 10.2. The second-order valence-electron chi connectivity index (χ2n) is 14.1. The molecule has 67 heavy (non-hydrogen) atoms. The molecule has 0 fully saturated rings. The first-order chi connectivity index (χ1) is 49.9. The number of nitrogens with zero attached hydrogens (tertiary/aromatic N) is 2. The molecular formula is C64H40N2O. The lowest BCUT2D eigenvalue weighted by molar-refractivity contribution is 0.600. The maximum Gasteiger partial charge on any atom is 0.144 e. The topological polar surface area (TPSA) is 38.9 Å². The van der Waals surface area contributed by atoms with Gasteiger partial charge in [-0.2, -0.15) is 0 Å². The summed E-state index contributed by atoms with van der Waals surface area (Å²) in [6.45, 7) is 0. The van der Waals surface area contributed by atoms with E-state index < -0.39 is 374 Å². The van der Waals surface area contributed by atoms with Crippen LogP contribution in [0.2, 0.25) is 0 Å². The van der Waals surface area contributed by atoms with Crippen molar-refractivity contribution in [2.45, 2.75) is 0 Å². The molecule has 0 atom stereocenters. The molecule has 0 aliphatic rings. The minimum Gasteiger partial charge on any atom is -0.455 e. The van der Waals surface area contributed by atoms with Gasteiger partial charge >= 0.3 is 0 Å². The van der Waals surface area contributed by atoms with Crippen LogP contribution in [0, 0.1) is 0 Å². The molecule has 0 aliphatic heterocycles. The molecule has 0 radical (unpaired) electrons. The molecule has 3 aromatic heterocycles. The molecule has 13 aromatic rings. The van der Waals surface area contributed by atoms with Gasteiger partial charge in [-0.3, -0.25) is 4.98 Å². The van der Waals surface area contributed by atoms with Crippen molar-refractivity contribution < 1.29 is 59.2 Å². The zero-order chi connectivity index (χ0) is 79.1. The number of pyridine rings is 2. The van der Waals surface area contributed by atoms with Crippen LogP contribution in [0.5, 0.6) is 0 Å². The van der Waals surface area contributed by atoms with E-state index in [9.17, 15) is 27.4 Å². The van der Waals surface area contributed by atoms with E-state index in [0.717, 1.165) is 0 Å². The molecule has 0 N–H and O–H groups in total. The summed E-state index contributed by atoms with van der Waals surface area (Å²) in [6.07, 6.45) is -0.846. The SMILES string of the molecule is [2H]c1nc2c(c([2H])c1[2H])c([2H])c([2H])c1c([2H])c([2H])c(-c3c([2H])c([2H])c(-c4c([2H])c([2H])c(-c5c(-c6c([2H])c([2H])c([2H])c([2H])c6[2H])oc(-c6c7c([2H])c([2H])c([2H])c([2H])c7c(-c7c([2H])c([2H])c([2H])c([2H])c7[2H])c7c([2H])c([2H])c([2H])c([2H])c67)c5-c5c([2H])c([2H])c([2H])c([2H])c5[2H])c([2H])c4[2H])c4c([2H])c([2H])c([2H])c([2H])c34)nc12. The number of hydrogen-bond acceptors (Lipinski definition) is 3. The molecule has 13 rings (SSSR count). The van der Waals surface area contributed by atoms with Crippen molar-refractivity contribution in [3.63, 3.8) is 0 Å². The second kappa shape index (κ2) is 16.0. The van der Waals surface area contributed by atoms with Gasteiger partial charge in [0.2, 0.25) is 0 Å². The smallest absolute Gasteiger partial charge is 0.144 e. The largest absolute Gasteiger partial charge is 0.455 e. The van der Waals surface area contributed by atoms with E-state index in [1.165, 1.54) is 0 Å². The Morgan fingerprint density at radius 1 is 0.299 bits per heavy atom. The molecular weight excluding hydrogens is 813 g/mol. The normalized spacial score (nSPS) is 19.9. The fraction of sp³-hybridized carbons (Fsp3) is 0. The van der Waals surface area contributed by atoms with Crippen molar-refractivity contribution in [2.75, 3.05) is 0 Å². The highest BCUT2D eigenvalue weighted by Gasteiger charge is 2.28. The van der Waals surface area contributed by atoms with Crippen LogP contribution in [-0.4, -0.2) is 9.97 Å². The van der Waals surface area contributed by atoms with Crippen molar-refractivity contribution in [1.82, 2.24) is 9.97 Å². The molecule has 0 spiro atoms. The Balaban J connectivity index is 1.28. The highest BCUT2D eigenvalue weighted by atomic mass is 16.3. The lowest BCUT2D eigenvalue weighted by Crippen LogP contribution is -1.92. The Bertz CT molecular complexity index is 6250. The van der Waals surface area contributed by atoms with E-state index in [1.807, 2.05) is 0 Å². The first-order valence-corrected chi connectivity index (χ1v) is 19.6. The highest BCUT2D eigenvalue weighted by molar-refractivity contribution is 6.23.